The molecule has 0 aromatic heterocycles. The summed E-state index contributed by atoms with van der Waals surface area (Å²) in [5, 5.41) is 37.0. The minimum Gasteiger partial charge on any atom is -0.494 e. The Balaban J connectivity index is 2.43. The van der Waals surface area contributed by atoms with Gasteiger partial charge in [0.1, 0.15) is 44.3 Å². The Labute approximate surface area is 200 Å². The standard InChI is InChI=1S/C23H26N2O10/c1-2-34-16-5-3-15(4-6-16)14-35-17-7-8-18(24(10-20(26)27)11-21(28)29)19(9-17)25(12-22(30)31)13-23(32)33/h3-9H,2,10-14H2,1H3,(H,26,27)(H,28,29)(H,30,31)(H,32,33). The predicted octanol–water partition coefficient (Wildman–Crippen LogP) is 1.62. The fraction of sp³-hybridized carbons (Fsp3) is 0.304. The summed E-state index contributed by atoms with van der Waals surface area (Å²) in [6.45, 7) is -0.360. The highest BCUT2D eigenvalue weighted by Crippen LogP contribution is 2.34. The first kappa shape index (κ1) is 26.8. The van der Waals surface area contributed by atoms with Gasteiger partial charge < -0.3 is 39.7 Å². The van der Waals surface area contributed by atoms with Gasteiger partial charge in [0.2, 0.25) is 0 Å². The maximum Gasteiger partial charge on any atom is 0.323 e. The van der Waals surface area contributed by atoms with Crippen molar-refractivity contribution >= 4 is 35.3 Å². The molecule has 0 heterocycles. The Kier molecular flexibility index (Phi) is 9.70. The fourth-order valence-corrected chi connectivity index (χ4v) is 3.23. The van der Waals surface area contributed by atoms with Crippen LogP contribution in [0.1, 0.15) is 12.5 Å². The van der Waals surface area contributed by atoms with E-state index < -0.39 is 50.1 Å². The van der Waals surface area contributed by atoms with E-state index in [2.05, 4.69) is 0 Å². The van der Waals surface area contributed by atoms with Crippen LogP contribution in [0.3, 0.4) is 0 Å². The predicted molar refractivity (Wildman–Crippen MR) is 123 cm³/mol. The summed E-state index contributed by atoms with van der Waals surface area (Å²) in [4.78, 5) is 47.4. The van der Waals surface area contributed by atoms with Crippen LogP contribution in [0, 0.1) is 0 Å². The molecule has 0 spiro atoms. The number of hydrogen-bond donors (Lipinski definition) is 4. The Bertz CT molecular complexity index is 1020. The van der Waals surface area contributed by atoms with E-state index in [0.29, 0.717) is 12.4 Å². The third-order valence-corrected chi connectivity index (χ3v) is 4.57. The minimum absolute atomic E-state index is 0.00138. The summed E-state index contributed by atoms with van der Waals surface area (Å²) in [5.74, 6) is -4.38. The number of ether oxygens (including phenoxy) is 2. The Morgan fingerprint density at radius 3 is 1.57 bits per heavy atom. The average Bonchev–Trinajstić information content (AvgIpc) is 2.76. The summed E-state index contributed by atoms with van der Waals surface area (Å²) in [7, 11) is 0. The lowest BCUT2D eigenvalue weighted by Gasteiger charge is -2.29. The van der Waals surface area contributed by atoms with Crippen LogP contribution in [-0.4, -0.2) is 77.1 Å². The van der Waals surface area contributed by atoms with Crippen molar-refractivity contribution in [1.82, 2.24) is 0 Å². The zero-order chi connectivity index (χ0) is 26.0. The Morgan fingerprint density at radius 1 is 0.657 bits per heavy atom. The number of carboxylic acids is 4. The summed E-state index contributed by atoms with van der Waals surface area (Å²) >= 11 is 0. The molecule has 0 atom stereocenters. The van der Waals surface area contributed by atoms with Crippen molar-refractivity contribution in [2.45, 2.75) is 13.5 Å². The molecule has 2 aromatic carbocycles. The number of anilines is 2. The molecular weight excluding hydrogens is 464 g/mol. The highest BCUT2D eigenvalue weighted by Gasteiger charge is 2.24. The van der Waals surface area contributed by atoms with Gasteiger partial charge in [-0.25, -0.2) is 0 Å². The van der Waals surface area contributed by atoms with E-state index in [9.17, 15) is 39.6 Å². The molecule has 0 aliphatic rings. The lowest BCUT2D eigenvalue weighted by Crippen LogP contribution is -2.39. The molecule has 12 nitrogen and oxygen atoms in total. The van der Waals surface area contributed by atoms with Gasteiger partial charge >= 0.3 is 23.9 Å². The maximum atomic E-state index is 11.4. The van der Waals surface area contributed by atoms with Crippen molar-refractivity contribution in [2.24, 2.45) is 0 Å². The fourth-order valence-electron chi connectivity index (χ4n) is 3.23. The van der Waals surface area contributed by atoms with Gasteiger partial charge in [-0.15, -0.1) is 0 Å². The minimum atomic E-state index is -1.33. The molecule has 0 bridgehead atoms. The molecule has 4 N–H and O–H groups in total. The number of benzene rings is 2. The molecule has 12 heteroatoms. The molecule has 0 saturated carbocycles. The maximum absolute atomic E-state index is 11.4. The van der Waals surface area contributed by atoms with Crippen molar-refractivity contribution in [3.05, 3.63) is 48.0 Å². The van der Waals surface area contributed by atoms with E-state index in [-0.39, 0.29) is 23.7 Å². The van der Waals surface area contributed by atoms with Gasteiger partial charge in [0.05, 0.1) is 18.0 Å². The van der Waals surface area contributed by atoms with E-state index in [1.54, 1.807) is 24.3 Å². The van der Waals surface area contributed by atoms with Crippen LogP contribution < -0.4 is 19.3 Å². The van der Waals surface area contributed by atoms with E-state index >= 15 is 0 Å². The second-order valence-corrected chi connectivity index (χ2v) is 7.30. The smallest absolute Gasteiger partial charge is 0.323 e. The van der Waals surface area contributed by atoms with Crippen molar-refractivity contribution in [3.63, 3.8) is 0 Å². The highest BCUT2D eigenvalue weighted by atomic mass is 16.5. The third-order valence-electron chi connectivity index (χ3n) is 4.57. The van der Waals surface area contributed by atoms with Crippen molar-refractivity contribution < 1.29 is 49.1 Å². The topological polar surface area (TPSA) is 174 Å². The van der Waals surface area contributed by atoms with E-state index in [0.717, 1.165) is 15.4 Å². The van der Waals surface area contributed by atoms with Gasteiger partial charge in [-0.3, -0.25) is 19.2 Å². The van der Waals surface area contributed by atoms with E-state index in [1.807, 2.05) is 6.92 Å². The van der Waals surface area contributed by atoms with Gasteiger partial charge in [-0.2, -0.15) is 0 Å². The zero-order valence-corrected chi connectivity index (χ0v) is 18.9. The molecule has 0 fully saturated rings. The van der Waals surface area contributed by atoms with Crippen LogP contribution in [0.15, 0.2) is 42.5 Å². The number of carbonyl (C=O) groups is 4. The molecule has 0 saturated heterocycles. The number of carboxylic acid groups (broad SMARTS) is 4. The van der Waals surface area contributed by atoms with E-state index in [1.165, 1.54) is 18.2 Å². The largest absolute Gasteiger partial charge is 0.494 e. The van der Waals surface area contributed by atoms with Crippen LogP contribution in [0.5, 0.6) is 11.5 Å². The zero-order valence-electron chi connectivity index (χ0n) is 18.9. The summed E-state index contributed by atoms with van der Waals surface area (Å²) < 4.78 is 11.2. The van der Waals surface area contributed by atoms with Crippen molar-refractivity contribution in [3.8, 4) is 11.5 Å². The Hall–Kier alpha value is -4.48. The summed E-state index contributed by atoms with van der Waals surface area (Å²) in [6.07, 6.45) is 0. The van der Waals surface area contributed by atoms with Crippen LogP contribution in [0.4, 0.5) is 11.4 Å². The van der Waals surface area contributed by atoms with Gasteiger partial charge in [0.25, 0.3) is 0 Å². The highest BCUT2D eigenvalue weighted by molar-refractivity contribution is 5.87. The lowest BCUT2D eigenvalue weighted by molar-refractivity contribution is -0.138. The average molecular weight is 490 g/mol. The number of nitrogens with zero attached hydrogens (tertiary/aromatic N) is 2. The van der Waals surface area contributed by atoms with Crippen LogP contribution in [-0.2, 0) is 25.8 Å². The molecule has 35 heavy (non-hydrogen) atoms. The molecule has 2 aromatic rings. The molecule has 188 valence electrons. The second-order valence-electron chi connectivity index (χ2n) is 7.30. The third kappa shape index (κ3) is 8.76. The summed E-state index contributed by atoms with van der Waals surface area (Å²) in [6, 6.07) is 11.3. The first-order valence-corrected chi connectivity index (χ1v) is 10.4. The molecule has 0 amide bonds. The van der Waals surface area contributed by atoms with Crippen molar-refractivity contribution in [1.29, 1.82) is 0 Å². The van der Waals surface area contributed by atoms with Gasteiger partial charge in [0, 0.05) is 6.07 Å². The molecule has 2 rings (SSSR count). The summed E-state index contributed by atoms with van der Waals surface area (Å²) in [5.41, 5.74) is 0.831. The molecule has 0 aliphatic carbocycles. The number of rotatable bonds is 15. The lowest BCUT2D eigenvalue weighted by atomic mass is 10.2. The number of hydrogen-bond acceptors (Lipinski definition) is 8. The first-order valence-electron chi connectivity index (χ1n) is 10.4. The quantitative estimate of drug-likeness (QED) is 0.284. The monoisotopic (exact) mass is 490 g/mol. The SMILES string of the molecule is CCOc1ccc(COc2ccc(N(CC(=O)O)CC(=O)O)c(N(CC(=O)O)CC(=O)O)c2)cc1. The normalized spacial score (nSPS) is 10.3. The van der Waals surface area contributed by atoms with Crippen LogP contribution >= 0.6 is 0 Å². The molecule has 0 aliphatic heterocycles. The van der Waals surface area contributed by atoms with Gasteiger partial charge in [0.15, 0.2) is 0 Å². The second kappa shape index (κ2) is 12.7. The van der Waals surface area contributed by atoms with Crippen LogP contribution in [0.25, 0.3) is 0 Å². The molecule has 0 radical (unpaired) electrons. The van der Waals surface area contributed by atoms with Gasteiger partial charge in [-0.1, -0.05) is 12.1 Å². The number of aliphatic carboxylic acids is 4. The van der Waals surface area contributed by atoms with Crippen molar-refractivity contribution in [2.75, 3.05) is 42.6 Å². The van der Waals surface area contributed by atoms with Crippen LogP contribution in [0.2, 0.25) is 0 Å². The molecular formula is C23H26N2O10. The first-order chi connectivity index (χ1) is 16.6. The van der Waals surface area contributed by atoms with E-state index in [4.69, 9.17) is 9.47 Å². The van der Waals surface area contributed by atoms with Gasteiger partial charge in [-0.05, 0) is 36.8 Å². The Morgan fingerprint density at radius 2 is 1.11 bits per heavy atom. The molecule has 0 unspecified atom stereocenters.